The van der Waals surface area contributed by atoms with Crippen LogP contribution in [0.25, 0.3) is 0 Å². The van der Waals surface area contributed by atoms with Gasteiger partial charge in [0, 0.05) is 25.3 Å². The number of amides is 1. The van der Waals surface area contributed by atoms with Gasteiger partial charge in [-0.2, -0.15) is 0 Å². The molecule has 1 fully saturated rings. The summed E-state index contributed by atoms with van der Waals surface area (Å²) < 4.78 is 16.3. The van der Waals surface area contributed by atoms with Gasteiger partial charge in [0.25, 0.3) is 0 Å². The number of carbonyl (C=O) groups is 1. The molecule has 0 spiro atoms. The number of morpholine rings is 1. The molecule has 6 nitrogen and oxygen atoms in total. The van der Waals surface area contributed by atoms with Gasteiger partial charge >= 0.3 is 6.09 Å². The van der Waals surface area contributed by atoms with Crippen molar-refractivity contribution in [1.29, 1.82) is 0 Å². The van der Waals surface area contributed by atoms with Crippen molar-refractivity contribution in [2.24, 2.45) is 0 Å². The SMILES string of the molecule is CCCCCCOc1ccc(NC(=O)OCCN2CCOCC2)c(C)c1. The van der Waals surface area contributed by atoms with Crippen LogP contribution in [-0.2, 0) is 9.47 Å². The van der Waals surface area contributed by atoms with Gasteiger partial charge in [-0.05, 0) is 37.1 Å². The molecule has 0 unspecified atom stereocenters. The maximum atomic E-state index is 12.0. The van der Waals surface area contributed by atoms with E-state index in [1.807, 2.05) is 25.1 Å². The van der Waals surface area contributed by atoms with Crippen LogP contribution < -0.4 is 10.1 Å². The van der Waals surface area contributed by atoms with Crippen molar-refractivity contribution in [3.63, 3.8) is 0 Å². The topological polar surface area (TPSA) is 60.0 Å². The minimum Gasteiger partial charge on any atom is -0.494 e. The number of hydrogen-bond donors (Lipinski definition) is 1. The summed E-state index contributed by atoms with van der Waals surface area (Å²) in [6, 6.07) is 5.69. The van der Waals surface area contributed by atoms with Crippen LogP contribution in [0.5, 0.6) is 5.75 Å². The molecule has 6 heteroatoms. The molecule has 146 valence electrons. The molecule has 1 aliphatic rings. The third kappa shape index (κ3) is 7.62. The fourth-order valence-electron chi connectivity index (χ4n) is 2.82. The van der Waals surface area contributed by atoms with E-state index in [1.165, 1.54) is 19.3 Å². The van der Waals surface area contributed by atoms with Crippen LogP contribution >= 0.6 is 0 Å². The molecule has 0 bridgehead atoms. The van der Waals surface area contributed by atoms with Crippen molar-refractivity contribution in [3.05, 3.63) is 23.8 Å². The summed E-state index contributed by atoms with van der Waals surface area (Å²) in [6.45, 7) is 9.28. The summed E-state index contributed by atoms with van der Waals surface area (Å²) in [5, 5.41) is 2.80. The van der Waals surface area contributed by atoms with Crippen LogP contribution in [0.2, 0.25) is 0 Å². The average molecular weight is 364 g/mol. The maximum Gasteiger partial charge on any atom is 0.411 e. The summed E-state index contributed by atoms with van der Waals surface area (Å²) in [4.78, 5) is 14.2. The standard InChI is InChI=1S/C20H32N2O4/c1-3-4-5-6-12-25-18-7-8-19(17(2)16-18)21-20(23)26-15-11-22-9-13-24-14-10-22/h7-8,16H,3-6,9-15H2,1-2H3,(H,21,23). The van der Waals surface area contributed by atoms with Crippen LogP contribution in [0, 0.1) is 6.92 Å². The quantitative estimate of drug-likeness (QED) is 0.639. The highest BCUT2D eigenvalue weighted by molar-refractivity contribution is 5.85. The summed E-state index contributed by atoms with van der Waals surface area (Å²) in [5.74, 6) is 0.838. The lowest BCUT2D eigenvalue weighted by atomic mass is 10.2. The minimum atomic E-state index is -0.422. The normalized spacial score (nSPS) is 14.8. The third-order valence-electron chi connectivity index (χ3n) is 4.45. The smallest absolute Gasteiger partial charge is 0.411 e. The summed E-state index contributed by atoms with van der Waals surface area (Å²) in [7, 11) is 0. The molecule has 1 aromatic carbocycles. The van der Waals surface area contributed by atoms with Crippen LogP contribution in [0.1, 0.15) is 38.2 Å². The number of unbranched alkanes of at least 4 members (excludes halogenated alkanes) is 3. The van der Waals surface area contributed by atoms with E-state index in [0.717, 1.165) is 62.9 Å². The van der Waals surface area contributed by atoms with Crippen LogP contribution in [0.4, 0.5) is 10.5 Å². The van der Waals surface area contributed by atoms with E-state index in [1.54, 1.807) is 0 Å². The van der Waals surface area contributed by atoms with E-state index in [-0.39, 0.29) is 0 Å². The second-order valence-electron chi connectivity index (χ2n) is 6.60. The zero-order valence-electron chi connectivity index (χ0n) is 16.1. The second-order valence-corrected chi connectivity index (χ2v) is 6.60. The highest BCUT2D eigenvalue weighted by Crippen LogP contribution is 2.22. The molecule has 1 N–H and O–H groups in total. The maximum absolute atomic E-state index is 12.0. The Kier molecular flexibility index (Phi) is 9.28. The van der Waals surface area contributed by atoms with Gasteiger partial charge in [-0.3, -0.25) is 10.2 Å². The van der Waals surface area contributed by atoms with E-state index in [2.05, 4.69) is 17.1 Å². The van der Waals surface area contributed by atoms with Crippen molar-refractivity contribution in [1.82, 2.24) is 4.90 Å². The minimum absolute atomic E-state index is 0.379. The predicted molar refractivity (Wildman–Crippen MR) is 103 cm³/mol. The first-order valence-electron chi connectivity index (χ1n) is 9.66. The molecule has 1 aliphatic heterocycles. The number of benzene rings is 1. The van der Waals surface area contributed by atoms with Gasteiger partial charge in [-0.25, -0.2) is 4.79 Å². The van der Waals surface area contributed by atoms with Crippen molar-refractivity contribution in [2.45, 2.75) is 39.5 Å². The van der Waals surface area contributed by atoms with Crippen molar-refractivity contribution < 1.29 is 19.0 Å². The Morgan fingerprint density at radius 1 is 1.19 bits per heavy atom. The number of hydrogen-bond acceptors (Lipinski definition) is 5. The Bertz CT molecular complexity index is 545. The van der Waals surface area contributed by atoms with E-state index in [4.69, 9.17) is 14.2 Å². The van der Waals surface area contributed by atoms with Gasteiger partial charge in [0.1, 0.15) is 12.4 Å². The van der Waals surface area contributed by atoms with E-state index < -0.39 is 6.09 Å². The van der Waals surface area contributed by atoms with Gasteiger partial charge in [0.05, 0.1) is 19.8 Å². The van der Waals surface area contributed by atoms with Gasteiger partial charge in [0.2, 0.25) is 0 Å². The van der Waals surface area contributed by atoms with Gasteiger partial charge in [-0.15, -0.1) is 0 Å². The van der Waals surface area contributed by atoms with Gasteiger partial charge in [-0.1, -0.05) is 26.2 Å². The van der Waals surface area contributed by atoms with Crippen molar-refractivity contribution in [3.8, 4) is 5.75 Å². The predicted octanol–water partition coefficient (Wildman–Crippen LogP) is 3.83. The first kappa shape index (κ1) is 20.5. The molecule has 1 amide bonds. The first-order chi connectivity index (χ1) is 12.7. The zero-order chi connectivity index (χ0) is 18.6. The molecular weight excluding hydrogens is 332 g/mol. The van der Waals surface area contributed by atoms with Crippen molar-refractivity contribution >= 4 is 11.8 Å². The highest BCUT2D eigenvalue weighted by atomic mass is 16.5. The molecule has 0 aromatic heterocycles. The number of ether oxygens (including phenoxy) is 3. The number of nitrogens with zero attached hydrogens (tertiary/aromatic N) is 1. The molecule has 2 rings (SSSR count). The monoisotopic (exact) mass is 364 g/mol. The summed E-state index contributed by atoms with van der Waals surface area (Å²) >= 11 is 0. The lowest BCUT2D eigenvalue weighted by molar-refractivity contribution is 0.0290. The number of carbonyl (C=O) groups excluding carboxylic acids is 1. The van der Waals surface area contributed by atoms with E-state index in [0.29, 0.717) is 6.61 Å². The molecular formula is C20H32N2O4. The van der Waals surface area contributed by atoms with E-state index in [9.17, 15) is 4.79 Å². The first-order valence-corrected chi connectivity index (χ1v) is 9.66. The summed E-state index contributed by atoms with van der Waals surface area (Å²) in [6.07, 6.45) is 4.32. The largest absolute Gasteiger partial charge is 0.494 e. The summed E-state index contributed by atoms with van der Waals surface area (Å²) in [5.41, 5.74) is 1.71. The van der Waals surface area contributed by atoms with Crippen LogP contribution in [0.15, 0.2) is 18.2 Å². The number of rotatable bonds is 10. The zero-order valence-corrected chi connectivity index (χ0v) is 16.1. The van der Waals surface area contributed by atoms with Gasteiger partial charge < -0.3 is 14.2 Å². The molecule has 1 aromatic rings. The van der Waals surface area contributed by atoms with E-state index >= 15 is 0 Å². The Balaban J connectivity index is 1.68. The number of aryl methyl sites for hydroxylation is 1. The molecule has 26 heavy (non-hydrogen) atoms. The van der Waals surface area contributed by atoms with Crippen LogP contribution in [0.3, 0.4) is 0 Å². The highest BCUT2D eigenvalue weighted by Gasteiger charge is 2.11. The lowest BCUT2D eigenvalue weighted by Gasteiger charge is -2.26. The Morgan fingerprint density at radius 2 is 2.00 bits per heavy atom. The van der Waals surface area contributed by atoms with Gasteiger partial charge in [0.15, 0.2) is 0 Å². The second kappa shape index (κ2) is 11.8. The van der Waals surface area contributed by atoms with Crippen LogP contribution in [-0.4, -0.2) is 57.1 Å². The van der Waals surface area contributed by atoms with Crippen molar-refractivity contribution in [2.75, 3.05) is 51.4 Å². The number of anilines is 1. The lowest BCUT2D eigenvalue weighted by Crippen LogP contribution is -2.38. The fraction of sp³-hybridized carbons (Fsp3) is 0.650. The molecule has 0 radical (unpaired) electrons. The fourth-order valence-corrected chi connectivity index (χ4v) is 2.82. The molecule has 0 aliphatic carbocycles. The molecule has 0 saturated carbocycles. The molecule has 0 atom stereocenters. The molecule has 1 saturated heterocycles. The number of nitrogens with one attached hydrogen (secondary N) is 1. The Labute approximate surface area is 156 Å². The Morgan fingerprint density at radius 3 is 2.73 bits per heavy atom. The average Bonchev–Trinajstić information content (AvgIpc) is 2.64. The molecule has 1 heterocycles. The third-order valence-corrected chi connectivity index (χ3v) is 4.45. The Hall–Kier alpha value is -1.79.